The highest BCUT2D eigenvalue weighted by molar-refractivity contribution is 5.97. The van der Waals surface area contributed by atoms with Gasteiger partial charge in [0.2, 0.25) is 17.7 Å². The summed E-state index contributed by atoms with van der Waals surface area (Å²) in [6.45, 7) is 9.16. The maximum absolute atomic E-state index is 14.7. The molecular weight excluding hydrogens is 791 g/mol. The van der Waals surface area contributed by atoms with Crippen molar-refractivity contribution in [1.82, 2.24) is 15.1 Å². The lowest BCUT2D eigenvalue weighted by atomic mass is 9.90. The lowest BCUT2D eigenvalue weighted by Gasteiger charge is -2.34. The van der Waals surface area contributed by atoms with E-state index in [0.29, 0.717) is 18.4 Å². The third-order valence-electron chi connectivity index (χ3n) is 11.1. The van der Waals surface area contributed by atoms with Crippen molar-refractivity contribution in [1.29, 1.82) is 0 Å². The number of amides is 3. The van der Waals surface area contributed by atoms with Crippen molar-refractivity contribution in [2.24, 2.45) is 0 Å². The molecule has 0 bridgehead atoms. The molecule has 62 heavy (non-hydrogen) atoms. The van der Waals surface area contributed by atoms with Crippen LogP contribution in [0.2, 0.25) is 0 Å². The lowest BCUT2D eigenvalue weighted by molar-refractivity contribution is -0.190. The highest BCUT2D eigenvalue weighted by Gasteiger charge is 2.53. The molecule has 0 radical (unpaired) electrons. The number of fused-ring (bicyclic) bond motifs is 1. The molecule has 2 aromatic rings. The summed E-state index contributed by atoms with van der Waals surface area (Å²) in [4.78, 5) is 70.1. The molecule has 5 unspecified atom stereocenters. The van der Waals surface area contributed by atoms with Gasteiger partial charge in [0.25, 0.3) is 0 Å². The second-order valence-electron chi connectivity index (χ2n) is 17.7. The van der Waals surface area contributed by atoms with Gasteiger partial charge in [0, 0.05) is 64.9 Å². The molecule has 1 aliphatic carbocycles. The highest BCUT2D eigenvalue weighted by atomic mass is 16.8. The van der Waals surface area contributed by atoms with Gasteiger partial charge in [0.15, 0.2) is 5.79 Å². The average molecular weight is 860 g/mol. The average Bonchev–Trinajstić information content (AvgIpc) is 3.61. The molecule has 2 aromatic carbocycles. The third-order valence-corrected chi connectivity index (χ3v) is 11.1. The van der Waals surface area contributed by atoms with Crippen LogP contribution in [0.25, 0.3) is 6.08 Å². The van der Waals surface area contributed by atoms with Gasteiger partial charge < -0.3 is 39.2 Å². The quantitative estimate of drug-likeness (QED) is 0.0721. The Balaban J connectivity index is 1.63. The summed E-state index contributed by atoms with van der Waals surface area (Å²) >= 11 is 0. The Morgan fingerprint density at radius 1 is 0.919 bits per heavy atom. The normalized spacial score (nSPS) is 19.2. The van der Waals surface area contributed by atoms with Crippen LogP contribution in [0.15, 0.2) is 72.3 Å². The number of likely N-dealkylation sites (N-methyl/N-ethyl adjacent to an activating group) is 2. The zero-order chi connectivity index (χ0) is 45.5. The molecule has 2 N–H and O–H groups in total. The summed E-state index contributed by atoms with van der Waals surface area (Å²) in [5.74, 6) is -3.08. The number of carbonyl (C=O) groups excluding carboxylic acids is 5. The number of nitrogens with one attached hydrogen (secondary N) is 1. The summed E-state index contributed by atoms with van der Waals surface area (Å²) in [5, 5.41) is 13.1. The number of nitrogens with zero attached hydrogens (tertiary/aromatic N) is 2. The molecule has 1 heterocycles. The number of unbranched alkanes of at least 4 members (excludes halogenated alkanes) is 4. The van der Waals surface area contributed by atoms with E-state index in [9.17, 15) is 29.1 Å². The van der Waals surface area contributed by atoms with Crippen molar-refractivity contribution in [3.63, 3.8) is 0 Å². The number of rotatable bonds is 22. The second-order valence-corrected chi connectivity index (χ2v) is 17.7. The van der Waals surface area contributed by atoms with Gasteiger partial charge in [-0.25, -0.2) is 4.79 Å². The van der Waals surface area contributed by atoms with Crippen molar-refractivity contribution in [3.8, 4) is 0 Å². The molecular formula is C49H69N3O10. The number of hydrogen-bond acceptors (Lipinski definition) is 10. The van der Waals surface area contributed by atoms with E-state index in [-0.39, 0.29) is 37.2 Å². The summed E-state index contributed by atoms with van der Waals surface area (Å²) in [7, 11) is 4.89. The summed E-state index contributed by atoms with van der Waals surface area (Å²) < 4.78 is 25.3. The second kappa shape index (κ2) is 23.6. The van der Waals surface area contributed by atoms with E-state index in [1.54, 1.807) is 78.3 Å². The molecule has 13 nitrogen and oxygen atoms in total. The van der Waals surface area contributed by atoms with E-state index in [4.69, 9.17) is 18.9 Å². The Bertz CT molecular complexity index is 1840. The summed E-state index contributed by atoms with van der Waals surface area (Å²) in [6, 6.07) is 14.2. The Labute approximate surface area is 368 Å². The van der Waals surface area contributed by atoms with Crippen molar-refractivity contribution < 1.29 is 48.0 Å². The summed E-state index contributed by atoms with van der Waals surface area (Å²) in [5.41, 5.74) is 1.47. The molecule has 1 aliphatic heterocycles. The third kappa shape index (κ3) is 14.9. The minimum Gasteiger partial charge on any atom is -0.460 e. The fraction of sp³-hybridized carbons (Fsp3) is 0.571. The first-order valence-corrected chi connectivity index (χ1v) is 22.2. The van der Waals surface area contributed by atoms with Crippen LogP contribution < -0.4 is 5.32 Å². The molecule has 1 saturated heterocycles. The van der Waals surface area contributed by atoms with E-state index in [2.05, 4.69) is 19.2 Å². The van der Waals surface area contributed by atoms with E-state index < -0.39 is 72.1 Å². The van der Waals surface area contributed by atoms with Gasteiger partial charge in [-0.05, 0) is 75.4 Å². The fourth-order valence-corrected chi connectivity index (χ4v) is 7.64. The Hall–Kier alpha value is -4.85. The van der Waals surface area contributed by atoms with Gasteiger partial charge in [-0.1, -0.05) is 82.0 Å². The largest absolute Gasteiger partial charge is 0.460 e. The fourth-order valence-electron chi connectivity index (χ4n) is 7.64. The van der Waals surface area contributed by atoms with Crippen LogP contribution in [-0.4, -0.2) is 114 Å². The van der Waals surface area contributed by atoms with Gasteiger partial charge in [0.1, 0.15) is 30.0 Å². The molecule has 4 rings (SSSR count). The first-order chi connectivity index (χ1) is 29.5. The first kappa shape index (κ1) is 49.8. The Morgan fingerprint density at radius 3 is 2.15 bits per heavy atom. The predicted octanol–water partition coefficient (Wildman–Crippen LogP) is 6.95. The number of aliphatic hydroxyl groups excluding tert-OH is 1. The lowest BCUT2D eigenvalue weighted by Crippen LogP contribution is -2.53. The molecule has 5 atom stereocenters. The van der Waals surface area contributed by atoms with Crippen molar-refractivity contribution >= 4 is 35.7 Å². The number of ether oxygens (including phenoxy) is 4. The maximum atomic E-state index is 14.7. The zero-order valence-electron chi connectivity index (χ0n) is 38.0. The van der Waals surface area contributed by atoms with Crippen LogP contribution in [0.5, 0.6) is 0 Å². The van der Waals surface area contributed by atoms with Crippen LogP contribution in [0.3, 0.4) is 0 Å². The molecule has 0 spiro atoms. The molecule has 2 aliphatic rings. The standard InChI is InChI=1S/C49H69N3O10/c1-9-11-16-28-49(29-17-12-10-2)60-41-32-37(31-40(44(41)62-49)59-47(58)36-23-20-34(21-24-36)22-26-42(54)51(6)7)46(57)52(8)39(30-35-18-14-13-15-19-35)45(56)50-38(33-53)25-27-43(55)61-48(3,4)5/h13-15,18-24,26,32,38-41,44,53H,9-12,16-17,25,27-31,33H2,1-8H3,(H,50,56). The highest BCUT2D eigenvalue weighted by Crippen LogP contribution is 2.43. The van der Waals surface area contributed by atoms with Crippen LogP contribution in [0.4, 0.5) is 0 Å². The van der Waals surface area contributed by atoms with E-state index in [1.165, 1.54) is 15.9 Å². The molecule has 0 aromatic heterocycles. The van der Waals surface area contributed by atoms with Gasteiger partial charge in [-0.3, -0.25) is 19.2 Å². The van der Waals surface area contributed by atoms with Crippen LogP contribution in [0.1, 0.15) is 127 Å². The van der Waals surface area contributed by atoms with Gasteiger partial charge in [0.05, 0.1) is 18.2 Å². The molecule has 0 saturated carbocycles. The predicted molar refractivity (Wildman–Crippen MR) is 238 cm³/mol. The molecule has 3 amide bonds. The van der Waals surface area contributed by atoms with Gasteiger partial charge in [-0.15, -0.1) is 0 Å². The summed E-state index contributed by atoms with van der Waals surface area (Å²) in [6.07, 6.45) is 10.0. The minimum absolute atomic E-state index is 0.0156. The zero-order valence-corrected chi connectivity index (χ0v) is 38.0. The number of carbonyl (C=O) groups is 5. The van der Waals surface area contributed by atoms with Crippen LogP contribution in [-0.2, 0) is 44.5 Å². The van der Waals surface area contributed by atoms with E-state index in [1.807, 2.05) is 30.3 Å². The van der Waals surface area contributed by atoms with Gasteiger partial charge >= 0.3 is 11.9 Å². The number of hydrogen-bond donors (Lipinski definition) is 2. The minimum atomic E-state index is -1.01. The topological polar surface area (TPSA) is 161 Å². The Morgan fingerprint density at radius 2 is 1.56 bits per heavy atom. The van der Waals surface area contributed by atoms with Crippen molar-refractivity contribution in [2.75, 3.05) is 27.7 Å². The van der Waals surface area contributed by atoms with Crippen LogP contribution >= 0.6 is 0 Å². The number of benzene rings is 2. The van der Waals surface area contributed by atoms with Crippen molar-refractivity contribution in [2.45, 2.75) is 153 Å². The van der Waals surface area contributed by atoms with Crippen molar-refractivity contribution in [3.05, 3.63) is 89.0 Å². The molecule has 13 heteroatoms. The maximum Gasteiger partial charge on any atom is 0.338 e. The first-order valence-electron chi connectivity index (χ1n) is 22.2. The molecule has 1 fully saturated rings. The Kier molecular flexibility index (Phi) is 18.9. The SMILES string of the molecule is CCCCCC1(CCCCC)OC2C=C(C(=O)N(C)C(Cc3ccccc3)C(=O)NC(CO)CCC(=O)OC(C)(C)C)CC(OC(=O)c3ccc(C=CC(=O)N(C)C)cc3)C2O1. The monoisotopic (exact) mass is 859 g/mol. The van der Waals surface area contributed by atoms with Crippen LogP contribution in [0, 0.1) is 0 Å². The number of aliphatic hydroxyl groups is 1. The smallest absolute Gasteiger partial charge is 0.338 e. The number of esters is 2. The molecule has 340 valence electrons. The van der Waals surface area contributed by atoms with E-state index >= 15 is 0 Å². The van der Waals surface area contributed by atoms with E-state index in [0.717, 1.165) is 49.7 Å². The van der Waals surface area contributed by atoms with Gasteiger partial charge in [-0.2, -0.15) is 0 Å².